The highest BCUT2D eigenvalue weighted by Crippen LogP contribution is 2.54. The van der Waals surface area contributed by atoms with Crippen LogP contribution in [0.1, 0.15) is 25.0 Å². The summed E-state index contributed by atoms with van der Waals surface area (Å²) in [7, 11) is 0. The van der Waals surface area contributed by atoms with Crippen molar-refractivity contribution in [1.29, 1.82) is 0 Å². The Bertz CT molecular complexity index is 3100. The first-order valence-corrected chi connectivity index (χ1v) is 18.6. The molecule has 54 heavy (non-hydrogen) atoms. The fourth-order valence-electron chi connectivity index (χ4n) is 8.92. The topological polar surface area (TPSA) is 29.5 Å². The Hall–Kier alpha value is -6.84. The minimum Gasteiger partial charge on any atom is -0.456 e. The van der Waals surface area contributed by atoms with E-state index in [0.717, 1.165) is 77.6 Å². The maximum absolute atomic E-state index is 6.74. The minimum atomic E-state index is -0.105. The number of rotatable bonds is 5. The summed E-state index contributed by atoms with van der Waals surface area (Å²) in [6.45, 7) is 4.69. The molecule has 8 aromatic carbocycles. The van der Waals surface area contributed by atoms with E-state index in [1.807, 2.05) is 18.2 Å². The lowest BCUT2D eigenvalue weighted by molar-refractivity contribution is 0.660. The van der Waals surface area contributed by atoms with Gasteiger partial charge in [0.05, 0.1) is 11.4 Å². The number of hydrogen-bond acceptors (Lipinski definition) is 3. The number of furan rings is 2. The van der Waals surface area contributed by atoms with E-state index >= 15 is 0 Å². The number of nitrogens with zero attached hydrogens (tertiary/aromatic N) is 1. The Morgan fingerprint density at radius 2 is 1.00 bits per heavy atom. The summed E-state index contributed by atoms with van der Waals surface area (Å²) in [5.74, 6) is 0. The third kappa shape index (κ3) is 4.48. The molecule has 0 spiro atoms. The lowest BCUT2D eigenvalue weighted by Gasteiger charge is -2.29. The van der Waals surface area contributed by atoms with E-state index in [4.69, 9.17) is 8.83 Å². The van der Waals surface area contributed by atoms with Crippen LogP contribution in [0.3, 0.4) is 0 Å². The third-order valence-corrected chi connectivity index (χ3v) is 11.5. The summed E-state index contributed by atoms with van der Waals surface area (Å²) in [5.41, 5.74) is 16.4. The molecule has 2 aromatic heterocycles. The van der Waals surface area contributed by atoms with Gasteiger partial charge in [-0.1, -0.05) is 141 Å². The molecule has 0 bridgehead atoms. The minimum absolute atomic E-state index is 0.105. The van der Waals surface area contributed by atoms with Crippen LogP contribution in [0.25, 0.3) is 77.3 Å². The van der Waals surface area contributed by atoms with Crippen LogP contribution in [0.15, 0.2) is 185 Å². The second kappa shape index (κ2) is 11.6. The number of para-hydroxylation sites is 4. The number of fused-ring (bicyclic) bond motifs is 9. The second-order valence-electron chi connectivity index (χ2n) is 14.9. The lowest BCUT2D eigenvalue weighted by atomic mass is 9.82. The zero-order valence-corrected chi connectivity index (χ0v) is 30.0. The summed E-state index contributed by atoms with van der Waals surface area (Å²) >= 11 is 0. The van der Waals surface area contributed by atoms with Crippen molar-refractivity contribution < 1.29 is 8.83 Å². The smallest absolute Gasteiger partial charge is 0.159 e. The van der Waals surface area contributed by atoms with Crippen molar-refractivity contribution in [3.63, 3.8) is 0 Å². The molecule has 0 atom stereocenters. The van der Waals surface area contributed by atoms with E-state index in [1.165, 1.54) is 27.8 Å². The molecule has 2 heterocycles. The molecule has 1 aliphatic carbocycles. The molecule has 11 rings (SSSR count). The molecule has 0 saturated heterocycles. The summed E-state index contributed by atoms with van der Waals surface area (Å²) in [4.78, 5) is 2.38. The Morgan fingerprint density at radius 1 is 0.407 bits per heavy atom. The molecule has 256 valence electrons. The zero-order valence-electron chi connectivity index (χ0n) is 30.0. The first-order valence-electron chi connectivity index (χ1n) is 18.6. The van der Waals surface area contributed by atoms with Crippen molar-refractivity contribution in [3.8, 4) is 33.4 Å². The van der Waals surface area contributed by atoms with Crippen molar-refractivity contribution in [2.45, 2.75) is 19.3 Å². The molecule has 0 radical (unpaired) electrons. The van der Waals surface area contributed by atoms with Crippen molar-refractivity contribution >= 4 is 60.9 Å². The first kappa shape index (κ1) is 30.8. The van der Waals surface area contributed by atoms with E-state index in [2.05, 4.69) is 176 Å². The average Bonchev–Trinajstić information content (AvgIpc) is 3.86. The van der Waals surface area contributed by atoms with Gasteiger partial charge in [-0.2, -0.15) is 0 Å². The first-order chi connectivity index (χ1) is 26.5. The fourth-order valence-corrected chi connectivity index (χ4v) is 8.92. The van der Waals surface area contributed by atoms with E-state index in [1.54, 1.807) is 0 Å². The molecule has 1 aliphatic rings. The highest BCUT2D eigenvalue weighted by Gasteiger charge is 2.37. The van der Waals surface area contributed by atoms with Gasteiger partial charge in [-0.05, 0) is 87.5 Å². The van der Waals surface area contributed by atoms with E-state index in [-0.39, 0.29) is 5.41 Å². The van der Waals surface area contributed by atoms with Gasteiger partial charge in [-0.15, -0.1) is 0 Å². The Balaban J connectivity index is 1.16. The van der Waals surface area contributed by atoms with Gasteiger partial charge >= 0.3 is 0 Å². The molecule has 0 aliphatic heterocycles. The van der Waals surface area contributed by atoms with Crippen LogP contribution in [0.5, 0.6) is 0 Å². The molecule has 3 nitrogen and oxygen atoms in total. The van der Waals surface area contributed by atoms with E-state index in [9.17, 15) is 0 Å². The normalized spacial score (nSPS) is 13.1. The third-order valence-electron chi connectivity index (χ3n) is 11.5. The molecule has 0 amide bonds. The van der Waals surface area contributed by atoms with Crippen LogP contribution in [0.2, 0.25) is 0 Å². The van der Waals surface area contributed by atoms with Gasteiger partial charge in [0, 0.05) is 38.2 Å². The van der Waals surface area contributed by atoms with Gasteiger partial charge < -0.3 is 13.7 Å². The van der Waals surface area contributed by atoms with Gasteiger partial charge in [-0.25, -0.2) is 0 Å². The Kier molecular flexibility index (Phi) is 6.60. The monoisotopic (exact) mass is 693 g/mol. The van der Waals surface area contributed by atoms with Crippen LogP contribution in [0.4, 0.5) is 17.1 Å². The van der Waals surface area contributed by atoms with Gasteiger partial charge in [0.1, 0.15) is 16.7 Å². The molecular formula is C51H35NO2. The van der Waals surface area contributed by atoms with Crippen LogP contribution in [-0.4, -0.2) is 0 Å². The predicted octanol–water partition coefficient (Wildman–Crippen LogP) is 14.6. The van der Waals surface area contributed by atoms with Gasteiger partial charge in [-0.3, -0.25) is 0 Å². The number of benzene rings is 8. The second-order valence-corrected chi connectivity index (χ2v) is 14.9. The maximum atomic E-state index is 6.74. The fraction of sp³-hybridized carbons (Fsp3) is 0.0588. The lowest BCUT2D eigenvalue weighted by Crippen LogP contribution is -2.15. The molecule has 3 heteroatoms. The largest absolute Gasteiger partial charge is 0.456 e. The Labute approximate surface area is 313 Å². The van der Waals surface area contributed by atoms with Gasteiger partial charge in [0.15, 0.2) is 5.58 Å². The summed E-state index contributed by atoms with van der Waals surface area (Å²) < 4.78 is 13.1. The summed E-state index contributed by atoms with van der Waals surface area (Å²) in [6.07, 6.45) is 0. The summed E-state index contributed by atoms with van der Waals surface area (Å²) in [6, 6.07) is 62.9. The van der Waals surface area contributed by atoms with Gasteiger partial charge in [0.2, 0.25) is 0 Å². The molecular weight excluding hydrogens is 659 g/mol. The highest BCUT2D eigenvalue weighted by atomic mass is 16.3. The molecule has 0 saturated carbocycles. The highest BCUT2D eigenvalue weighted by molar-refractivity contribution is 6.11. The number of hydrogen-bond donors (Lipinski definition) is 0. The van der Waals surface area contributed by atoms with E-state index < -0.39 is 0 Å². The standard InChI is InChI=1S/C51H35NO2/c1-51(2)42-22-7-3-19-41(42)49-39(20-12-23-43(49)51)35-16-4-8-24-44(35)52(45-25-13-21-40-37-18-6-10-27-47(37)54-50(40)45)34-15-11-14-32(30-34)33-28-29-38-36-17-5-9-26-46(36)53-48(38)31-33/h3-31H,1-2H3. The van der Waals surface area contributed by atoms with Crippen molar-refractivity contribution in [1.82, 2.24) is 0 Å². The van der Waals surface area contributed by atoms with Crippen LogP contribution in [-0.2, 0) is 5.41 Å². The summed E-state index contributed by atoms with van der Waals surface area (Å²) in [5, 5.41) is 4.45. The van der Waals surface area contributed by atoms with Crippen LogP contribution >= 0.6 is 0 Å². The Morgan fingerprint density at radius 3 is 1.87 bits per heavy atom. The quantitative estimate of drug-likeness (QED) is 0.180. The van der Waals surface area contributed by atoms with Crippen molar-refractivity contribution in [2.24, 2.45) is 0 Å². The molecule has 0 fully saturated rings. The SMILES string of the molecule is CC1(C)c2ccccc2-c2c(-c3ccccc3N(c3cccc(-c4ccc5c(c4)oc4ccccc45)c3)c3cccc4c3oc3ccccc34)cccc21. The van der Waals surface area contributed by atoms with E-state index in [0.29, 0.717) is 0 Å². The van der Waals surface area contributed by atoms with Crippen molar-refractivity contribution in [3.05, 3.63) is 187 Å². The van der Waals surface area contributed by atoms with Gasteiger partial charge in [0.25, 0.3) is 0 Å². The molecule has 0 N–H and O–H groups in total. The average molecular weight is 694 g/mol. The molecule has 0 unspecified atom stereocenters. The van der Waals surface area contributed by atoms with Crippen LogP contribution < -0.4 is 4.90 Å². The van der Waals surface area contributed by atoms with Crippen LogP contribution in [0, 0.1) is 0 Å². The maximum Gasteiger partial charge on any atom is 0.159 e. The zero-order chi connectivity index (χ0) is 36.0. The molecule has 10 aromatic rings. The predicted molar refractivity (Wildman–Crippen MR) is 224 cm³/mol. The van der Waals surface area contributed by atoms with Crippen molar-refractivity contribution in [2.75, 3.05) is 4.90 Å². The number of anilines is 3.